The molecular formula is C31H31N5O3S. The number of carbonyl (C=O) groups excluding carboxylic acids is 2. The lowest BCUT2D eigenvalue weighted by molar-refractivity contribution is 0.0901. The van der Waals surface area contributed by atoms with Crippen LogP contribution in [0, 0.1) is 5.92 Å². The first-order chi connectivity index (χ1) is 19.4. The SMILES string of the molecule is CC(C)C[C@@H](CO)NC(=O)c1c(-c2ccsc2)nc2c(C(=O)NCc3ccc(-c4ccccc4)nc3)cccn12. The fourth-order valence-corrected chi connectivity index (χ4v) is 5.29. The minimum atomic E-state index is -0.387. The number of rotatable bonds is 10. The molecule has 5 rings (SSSR count). The van der Waals surface area contributed by atoms with E-state index in [-0.39, 0.29) is 24.5 Å². The lowest BCUT2D eigenvalue weighted by Gasteiger charge is -2.18. The van der Waals surface area contributed by atoms with Crippen molar-refractivity contribution in [3.05, 3.63) is 101 Å². The topological polar surface area (TPSA) is 109 Å². The van der Waals surface area contributed by atoms with E-state index in [1.54, 1.807) is 28.9 Å². The first-order valence-corrected chi connectivity index (χ1v) is 14.1. The summed E-state index contributed by atoms with van der Waals surface area (Å²) in [5.74, 6) is -0.355. The molecule has 0 aliphatic heterocycles. The number of hydrogen-bond donors (Lipinski definition) is 3. The van der Waals surface area contributed by atoms with E-state index >= 15 is 0 Å². The molecule has 0 unspecified atom stereocenters. The number of thiophene rings is 1. The Morgan fingerprint density at radius 3 is 2.50 bits per heavy atom. The highest BCUT2D eigenvalue weighted by Gasteiger charge is 2.25. The average molecular weight is 554 g/mol. The third-order valence-electron chi connectivity index (χ3n) is 6.56. The zero-order valence-electron chi connectivity index (χ0n) is 22.4. The van der Waals surface area contributed by atoms with Crippen LogP contribution in [-0.4, -0.2) is 43.9 Å². The number of hydrogen-bond acceptors (Lipinski definition) is 6. The third-order valence-corrected chi connectivity index (χ3v) is 7.25. The minimum absolute atomic E-state index is 0.163. The van der Waals surface area contributed by atoms with Gasteiger partial charge in [0.05, 0.1) is 23.9 Å². The molecule has 9 heteroatoms. The van der Waals surface area contributed by atoms with Crippen LogP contribution >= 0.6 is 11.3 Å². The summed E-state index contributed by atoms with van der Waals surface area (Å²) in [7, 11) is 0. The number of aliphatic hydroxyl groups is 1. The van der Waals surface area contributed by atoms with Crippen molar-refractivity contribution in [1.82, 2.24) is 25.0 Å². The summed E-state index contributed by atoms with van der Waals surface area (Å²) in [4.78, 5) is 36.1. The molecule has 0 aliphatic carbocycles. The van der Waals surface area contributed by atoms with E-state index in [2.05, 4.69) is 15.6 Å². The molecule has 0 bridgehead atoms. The van der Waals surface area contributed by atoms with Gasteiger partial charge in [-0.1, -0.05) is 50.2 Å². The van der Waals surface area contributed by atoms with Gasteiger partial charge < -0.3 is 15.7 Å². The molecule has 0 radical (unpaired) electrons. The number of fused-ring (bicyclic) bond motifs is 1. The molecular weight excluding hydrogens is 522 g/mol. The van der Waals surface area contributed by atoms with E-state index in [4.69, 9.17) is 4.98 Å². The Bertz CT molecular complexity index is 1600. The second-order valence-electron chi connectivity index (χ2n) is 10.0. The smallest absolute Gasteiger partial charge is 0.270 e. The Kier molecular flexibility index (Phi) is 8.33. The number of nitrogens with one attached hydrogen (secondary N) is 2. The maximum atomic E-state index is 13.5. The number of carbonyl (C=O) groups is 2. The molecule has 3 N–H and O–H groups in total. The highest BCUT2D eigenvalue weighted by atomic mass is 32.1. The van der Waals surface area contributed by atoms with Gasteiger partial charge in [-0.25, -0.2) is 4.98 Å². The number of aliphatic hydroxyl groups excluding tert-OH is 1. The Morgan fingerprint density at radius 1 is 1.00 bits per heavy atom. The highest BCUT2D eigenvalue weighted by molar-refractivity contribution is 7.08. The standard InChI is InChI=1S/C31H31N5O3S/c1-20(2)15-24(18-37)34-31(39)28-27(23-12-14-40-19-23)35-29-25(9-6-13-36(28)29)30(38)33-17-21-10-11-26(32-16-21)22-7-4-3-5-8-22/h3-14,16,19-20,24,37H,15,17-18H2,1-2H3,(H,33,38)(H,34,39)/t24-/m0/s1. The van der Waals surface area contributed by atoms with Gasteiger partial charge in [-0.2, -0.15) is 11.3 Å². The predicted molar refractivity (Wildman–Crippen MR) is 157 cm³/mol. The molecule has 0 spiro atoms. The summed E-state index contributed by atoms with van der Waals surface area (Å²) in [5, 5.41) is 19.6. The summed E-state index contributed by atoms with van der Waals surface area (Å²) < 4.78 is 1.65. The zero-order valence-corrected chi connectivity index (χ0v) is 23.2. The van der Waals surface area contributed by atoms with E-state index in [1.807, 2.05) is 73.1 Å². The van der Waals surface area contributed by atoms with Gasteiger partial charge in [-0.15, -0.1) is 0 Å². The Morgan fingerprint density at radius 2 is 1.82 bits per heavy atom. The van der Waals surface area contributed by atoms with Gasteiger partial charge in [-0.3, -0.25) is 19.0 Å². The number of benzene rings is 1. The molecule has 0 saturated carbocycles. The molecule has 1 atom stereocenters. The fourth-order valence-electron chi connectivity index (χ4n) is 4.65. The molecule has 0 saturated heterocycles. The number of amides is 2. The summed E-state index contributed by atoms with van der Waals surface area (Å²) in [6, 6.07) is 18.7. The van der Waals surface area contributed by atoms with Gasteiger partial charge in [0.15, 0.2) is 5.65 Å². The van der Waals surface area contributed by atoms with Crippen LogP contribution < -0.4 is 10.6 Å². The summed E-state index contributed by atoms with van der Waals surface area (Å²) >= 11 is 1.50. The highest BCUT2D eigenvalue weighted by Crippen LogP contribution is 2.28. The average Bonchev–Trinajstić information content (AvgIpc) is 3.64. The van der Waals surface area contributed by atoms with E-state index in [0.29, 0.717) is 41.5 Å². The van der Waals surface area contributed by atoms with Gasteiger partial charge in [0.25, 0.3) is 11.8 Å². The second-order valence-corrected chi connectivity index (χ2v) is 10.8. The molecule has 5 aromatic rings. The van der Waals surface area contributed by atoms with Crippen molar-refractivity contribution in [1.29, 1.82) is 0 Å². The number of imidazole rings is 1. The van der Waals surface area contributed by atoms with Gasteiger partial charge in [0.1, 0.15) is 11.4 Å². The van der Waals surface area contributed by atoms with Crippen LogP contribution in [-0.2, 0) is 6.54 Å². The zero-order chi connectivity index (χ0) is 28.1. The van der Waals surface area contributed by atoms with Crippen molar-refractivity contribution in [3.63, 3.8) is 0 Å². The Hall–Kier alpha value is -4.34. The Balaban J connectivity index is 1.41. The summed E-state index contributed by atoms with van der Waals surface area (Å²) in [5.41, 5.74) is 5.09. The number of aromatic nitrogens is 3. The molecule has 0 aliphatic rings. The van der Waals surface area contributed by atoms with Crippen LogP contribution in [0.3, 0.4) is 0 Å². The number of nitrogens with zero attached hydrogens (tertiary/aromatic N) is 3. The first kappa shape index (κ1) is 27.2. The molecule has 4 heterocycles. The first-order valence-electron chi connectivity index (χ1n) is 13.2. The van der Waals surface area contributed by atoms with Gasteiger partial charge in [0, 0.05) is 35.4 Å². The number of pyridine rings is 2. The Labute approximate surface area is 236 Å². The lowest BCUT2D eigenvalue weighted by Crippen LogP contribution is -2.39. The van der Waals surface area contributed by atoms with Gasteiger partial charge >= 0.3 is 0 Å². The maximum absolute atomic E-state index is 13.5. The molecule has 2 amide bonds. The van der Waals surface area contributed by atoms with Crippen molar-refractivity contribution < 1.29 is 14.7 Å². The van der Waals surface area contributed by atoms with Crippen molar-refractivity contribution >= 4 is 28.8 Å². The quantitative estimate of drug-likeness (QED) is 0.221. The second kappa shape index (κ2) is 12.2. The summed E-state index contributed by atoms with van der Waals surface area (Å²) in [6.45, 7) is 4.21. The van der Waals surface area contributed by atoms with Gasteiger partial charge in [-0.05, 0) is 47.5 Å². The van der Waals surface area contributed by atoms with Crippen LogP contribution in [0.1, 0.15) is 46.7 Å². The molecule has 40 heavy (non-hydrogen) atoms. The molecule has 204 valence electrons. The minimum Gasteiger partial charge on any atom is -0.394 e. The normalized spacial score (nSPS) is 12.0. The van der Waals surface area contributed by atoms with Crippen molar-refractivity contribution in [2.24, 2.45) is 5.92 Å². The molecule has 8 nitrogen and oxygen atoms in total. The fraction of sp³-hybridized carbons (Fsp3) is 0.226. The lowest BCUT2D eigenvalue weighted by atomic mass is 10.0. The monoisotopic (exact) mass is 553 g/mol. The van der Waals surface area contributed by atoms with Crippen LogP contribution in [0.2, 0.25) is 0 Å². The summed E-state index contributed by atoms with van der Waals surface area (Å²) in [6.07, 6.45) is 4.12. The molecule has 0 fully saturated rings. The maximum Gasteiger partial charge on any atom is 0.270 e. The van der Waals surface area contributed by atoms with Crippen molar-refractivity contribution in [2.45, 2.75) is 32.9 Å². The molecule has 4 aromatic heterocycles. The van der Waals surface area contributed by atoms with Crippen molar-refractivity contribution in [2.75, 3.05) is 6.61 Å². The molecule has 1 aromatic carbocycles. The third kappa shape index (κ3) is 5.95. The van der Waals surface area contributed by atoms with Crippen molar-refractivity contribution in [3.8, 4) is 22.5 Å². The predicted octanol–water partition coefficient (Wildman–Crippen LogP) is 5.19. The van der Waals surface area contributed by atoms with Crippen LogP contribution in [0.4, 0.5) is 0 Å². The van der Waals surface area contributed by atoms with E-state index < -0.39 is 0 Å². The van der Waals surface area contributed by atoms with Crippen LogP contribution in [0.15, 0.2) is 83.8 Å². The van der Waals surface area contributed by atoms with Gasteiger partial charge in [0.2, 0.25) is 0 Å². The van der Waals surface area contributed by atoms with Crippen LogP contribution in [0.25, 0.3) is 28.2 Å². The van der Waals surface area contributed by atoms with E-state index in [9.17, 15) is 14.7 Å². The van der Waals surface area contributed by atoms with Crippen LogP contribution in [0.5, 0.6) is 0 Å². The van der Waals surface area contributed by atoms with E-state index in [0.717, 1.165) is 22.4 Å². The largest absolute Gasteiger partial charge is 0.394 e. The van der Waals surface area contributed by atoms with E-state index in [1.165, 1.54) is 11.3 Å².